The predicted molar refractivity (Wildman–Crippen MR) is 206 cm³/mol. The van der Waals surface area contributed by atoms with E-state index < -0.39 is 47.1 Å². The van der Waals surface area contributed by atoms with Crippen molar-refractivity contribution in [1.82, 2.24) is 24.9 Å². The molecule has 6 aromatic rings. The van der Waals surface area contributed by atoms with Crippen molar-refractivity contribution in [1.29, 1.82) is 0 Å². The van der Waals surface area contributed by atoms with Crippen LogP contribution in [-0.2, 0) is 32.8 Å². The fourth-order valence-corrected chi connectivity index (χ4v) is 6.43. The Morgan fingerprint density at radius 1 is 0.541 bits per heavy atom. The molecule has 0 fully saturated rings. The van der Waals surface area contributed by atoms with Crippen LogP contribution >= 0.6 is 15.9 Å². The second-order valence-electron chi connectivity index (χ2n) is 13.4. The van der Waals surface area contributed by atoms with Crippen molar-refractivity contribution >= 4 is 27.4 Å². The molecule has 0 saturated heterocycles. The molecule has 4 aromatic heterocycles. The molecule has 0 saturated carbocycles. The van der Waals surface area contributed by atoms with E-state index in [0.717, 1.165) is 46.8 Å². The largest absolute Gasteiger partial charge is 0.451 e. The molecule has 2 aromatic carbocycles. The van der Waals surface area contributed by atoms with Crippen molar-refractivity contribution in [3.8, 4) is 11.3 Å². The van der Waals surface area contributed by atoms with Gasteiger partial charge in [-0.3, -0.25) is 20.0 Å². The number of hydrogen-bond donors (Lipinski definition) is 0. The Balaban J connectivity index is 0.000000190. The van der Waals surface area contributed by atoms with Gasteiger partial charge in [0.05, 0.1) is 28.9 Å². The topological polar surface area (TPSA) is 89.2 Å². The number of aromatic nitrogens is 5. The maximum Gasteiger partial charge on any atom is 0.451 e. The second-order valence-corrected chi connectivity index (χ2v) is 14.2. The number of rotatable bonds is 5. The average molecular weight is 1010 g/mol. The molecule has 6 heterocycles. The van der Waals surface area contributed by atoms with Gasteiger partial charge in [-0.15, -0.1) is 0 Å². The van der Waals surface area contributed by atoms with Gasteiger partial charge in [0.15, 0.2) is 0 Å². The molecule has 2 atom stereocenters. The first-order valence-corrected chi connectivity index (χ1v) is 18.8. The van der Waals surface area contributed by atoms with Crippen LogP contribution in [0.25, 0.3) is 11.3 Å². The Morgan fingerprint density at radius 3 is 1.43 bits per heavy atom. The zero-order valence-electron chi connectivity index (χ0n) is 31.4. The van der Waals surface area contributed by atoms with Gasteiger partial charge in [0.1, 0.15) is 33.6 Å². The molecule has 0 amide bonds. The summed E-state index contributed by atoms with van der Waals surface area (Å²) in [5.74, 6) is -3.50. The summed E-state index contributed by atoms with van der Waals surface area (Å²) in [6.45, 7) is 1.63. The third-order valence-electron chi connectivity index (χ3n) is 9.13. The maximum atomic E-state index is 14.0. The molecule has 61 heavy (non-hydrogen) atoms. The van der Waals surface area contributed by atoms with Crippen molar-refractivity contribution in [2.24, 2.45) is 9.98 Å². The standard InChI is InChI=1S/C21H14F5N3.C15H11BrF2N2.C6H5F3N2.Pd/c22-14-2-1-3-15(23)20(14)18-8-7-17(29-18)13-4-6-16(27-10-13)12-5-9-19(28-11-12)21(24,25)26;16-14-7-4-9(8-19-14)12-5-6-13(20-12)15-10(17)2-1-3-11(15)18;1-4-2-10-5(11-3-4)6(7,8)9;/h1-6,9-11,17H,7-8H2;1-4,7-8,12H,5-6H2;2-3H,1H3;. The summed E-state index contributed by atoms with van der Waals surface area (Å²) < 4.78 is 129. The summed E-state index contributed by atoms with van der Waals surface area (Å²) >= 11 is 3.28. The molecular weight excluding hydrogens is 979 g/mol. The van der Waals surface area contributed by atoms with E-state index in [9.17, 15) is 43.9 Å². The first kappa shape index (κ1) is 46.8. The number of alkyl halides is 6. The van der Waals surface area contributed by atoms with Crippen LogP contribution in [0.5, 0.6) is 0 Å². The van der Waals surface area contributed by atoms with Crippen LogP contribution in [0.15, 0.2) is 118 Å². The molecule has 320 valence electrons. The molecule has 8 rings (SSSR count). The summed E-state index contributed by atoms with van der Waals surface area (Å²) in [5.41, 5.74) is 3.06. The zero-order chi connectivity index (χ0) is 43.2. The summed E-state index contributed by atoms with van der Waals surface area (Å²) in [7, 11) is 0. The van der Waals surface area contributed by atoms with Crippen LogP contribution in [0.2, 0.25) is 0 Å². The summed E-state index contributed by atoms with van der Waals surface area (Å²) in [5, 5.41) is 0. The molecule has 7 nitrogen and oxygen atoms in total. The third-order valence-corrected chi connectivity index (χ3v) is 9.59. The minimum Gasteiger partial charge on any atom is -0.281 e. The third kappa shape index (κ3) is 12.0. The van der Waals surface area contributed by atoms with E-state index in [4.69, 9.17) is 0 Å². The van der Waals surface area contributed by atoms with E-state index in [1.807, 2.05) is 12.1 Å². The van der Waals surface area contributed by atoms with Gasteiger partial charge in [0.2, 0.25) is 5.82 Å². The SMILES string of the molecule is Cc1cnc(C(F)(F)F)nc1.Fc1cccc(F)c1C1=NC(c2ccc(-c3ccc(C(F)(F)F)nc3)nc2)CC1.Fc1cccc(F)c1C1=NC(c2ccc(Br)nc2)CC1.[Pd]. The summed E-state index contributed by atoms with van der Waals surface area (Å²) in [6.07, 6.45) is 0.105. The van der Waals surface area contributed by atoms with Crippen molar-refractivity contribution in [2.45, 2.75) is 57.0 Å². The van der Waals surface area contributed by atoms with Gasteiger partial charge in [-0.1, -0.05) is 24.3 Å². The van der Waals surface area contributed by atoms with E-state index in [2.05, 4.69) is 50.8 Å². The van der Waals surface area contributed by atoms with Crippen LogP contribution in [-0.4, -0.2) is 36.3 Å². The average Bonchev–Trinajstić information content (AvgIpc) is 3.90. The normalized spacial score (nSPS) is 16.0. The Hall–Kier alpha value is -5.25. The summed E-state index contributed by atoms with van der Waals surface area (Å²) in [6, 6.07) is 16.6. The van der Waals surface area contributed by atoms with E-state index in [1.54, 1.807) is 31.5 Å². The molecule has 19 heteroatoms. The van der Waals surface area contributed by atoms with Crippen molar-refractivity contribution in [2.75, 3.05) is 0 Å². The van der Waals surface area contributed by atoms with Gasteiger partial charge < -0.3 is 0 Å². The molecule has 2 aliphatic rings. The number of benzene rings is 2. The monoisotopic (exact) mass is 1010 g/mol. The smallest absolute Gasteiger partial charge is 0.281 e. The van der Waals surface area contributed by atoms with E-state index in [1.165, 1.54) is 42.5 Å². The molecule has 0 N–H and O–H groups in total. The van der Waals surface area contributed by atoms with Gasteiger partial charge in [-0.2, -0.15) is 26.3 Å². The zero-order valence-corrected chi connectivity index (χ0v) is 34.5. The van der Waals surface area contributed by atoms with Crippen LogP contribution in [0.1, 0.15) is 77.1 Å². The Labute approximate surface area is 364 Å². The first-order valence-electron chi connectivity index (χ1n) is 18.0. The summed E-state index contributed by atoms with van der Waals surface area (Å²) in [4.78, 5) is 27.0. The minimum absolute atomic E-state index is 0. The van der Waals surface area contributed by atoms with Gasteiger partial charge in [0.25, 0.3) is 0 Å². The minimum atomic E-state index is -4.49. The number of nitrogens with zero attached hydrogens (tertiary/aromatic N) is 7. The van der Waals surface area contributed by atoms with E-state index in [-0.39, 0.29) is 43.6 Å². The van der Waals surface area contributed by atoms with Crippen LogP contribution in [0.3, 0.4) is 0 Å². The molecular formula is C42H30BrF10N7Pd. The van der Waals surface area contributed by atoms with Gasteiger partial charge in [-0.05, 0) is 114 Å². The van der Waals surface area contributed by atoms with Crippen molar-refractivity contribution in [3.05, 3.63) is 171 Å². The van der Waals surface area contributed by atoms with Gasteiger partial charge in [-0.25, -0.2) is 32.5 Å². The Kier molecular flexibility index (Phi) is 15.4. The molecule has 0 spiro atoms. The maximum absolute atomic E-state index is 14.0. The van der Waals surface area contributed by atoms with Crippen LogP contribution < -0.4 is 0 Å². The molecule has 0 bridgehead atoms. The second kappa shape index (κ2) is 20.1. The molecule has 2 aliphatic heterocycles. The molecule has 0 aliphatic carbocycles. The number of pyridine rings is 3. The van der Waals surface area contributed by atoms with Gasteiger partial charge >= 0.3 is 12.4 Å². The molecule has 2 unspecified atom stereocenters. The van der Waals surface area contributed by atoms with Crippen molar-refractivity contribution in [3.63, 3.8) is 0 Å². The Morgan fingerprint density at radius 2 is 1.03 bits per heavy atom. The van der Waals surface area contributed by atoms with Gasteiger partial charge in [0, 0.05) is 68.4 Å². The Bertz CT molecular complexity index is 2440. The fraction of sp³-hybridized carbons (Fsp3) is 0.214. The number of halogens is 11. The fourth-order valence-electron chi connectivity index (χ4n) is 6.20. The quantitative estimate of drug-likeness (QED) is 0.0975. The first-order chi connectivity index (χ1) is 28.5. The predicted octanol–water partition coefficient (Wildman–Crippen LogP) is 12.0. The number of hydrogen-bond acceptors (Lipinski definition) is 7. The van der Waals surface area contributed by atoms with E-state index in [0.29, 0.717) is 47.5 Å². The van der Waals surface area contributed by atoms with Crippen molar-refractivity contribution < 1.29 is 64.3 Å². The molecule has 0 radical (unpaired) electrons. The number of aliphatic imine (C=N–C) groups is 2. The number of aryl methyl sites for hydroxylation is 1. The van der Waals surface area contributed by atoms with Crippen LogP contribution in [0.4, 0.5) is 43.9 Å². The van der Waals surface area contributed by atoms with Crippen LogP contribution in [0, 0.1) is 30.2 Å². The van der Waals surface area contributed by atoms with E-state index >= 15 is 0 Å².